The Hall–Kier alpha value is -1.69. The van der Waals surface area contributed by atoms with Crippen molar-refractivity contribution in [1.82, 2.24) is 0 Å². The molecule has 1 aliphatic rings. The smallest absolute Gasteiger partial charge is 0.183 e. The van der Waals surface area contributed by atoms with Gasteiger partial charge in [-0.3, -0.25) is 0 Å². The highest BCUT2D eigenvalue weighted by atomic mass is 32.2. The van der Waals surface area contributed by atoms with Crippen LogP contribution >= 0.6 is 0 Å². The maximum Gasteiger partial charge on any atom is 0.183 e. The number of hydrogen-bond donors (Lipinski definition) is 1. The number of nitrogens with two attached hydrogens (primary N) is 1. The fourth-order valence-electron chi connectivity index (χ4n) is 3.33. The third kappa shape index (κ3) is 2.69. The zero-order chi connectivity index (χ0) is 16.7. The Balaban J connectivity index is 2.01. The molecule has 3 rings (SSSR count). The molecule has 1 saturated carbocycles. The summed E-state index contributed by atoms with van der Waals surface area (Å²) >= 11 is 0. The Kier molecular flexibility index (Phi) is 4.04. The van der Waals surface area contributed by atoms with Crippen LogP contribution in [0.25, 0.3) is 0 Å². The number of ether oxygens (including phenoxy) is 1. The van der Waals surface area contributed by atoms with Gasteiger partial charge in [-0.15, -0.1) is 0 Å². The van der Waals surface area contributed by atoms with Crippen LogP contribution in [0.3, 0.4) is 0 Å². The van der Waals surface area contributed by atoms with Crippen molar-refractivity contribution in [2.45, 2.75) is 28.5 Å². The van der Waals surface area contributed by atoms with Gasteiger partial charge in [-0.2, -0.15) is 0 Å². The lowest BCUT2D eigenvalue weighted by atomic mass is 10.1. The average molecular weight is 331 g/mol. The van der Waals surface area contributed by atoms with Crippen LogP contribution in [0.1, 0.15) is 17.0 Å². The number of methoxy groups -OCH3 is 1. The number of sulfone groups is 1. The van der Waals surface area contributed by atoms with Gasteiger partial charge in [0, 0.05) is 13.0 Å². The molecule has 2 N–H and O–H groups in total. The Morgan fingerprint density at radius 1 is 1.09 bits per heavy atom. The molecule has 4 nitrogen and oxygen atoms in total. The summed E-state index contributed by atoms with van der Waals surface area (Å²) < 4.78 is 31.2. The third-order valence-electron chi connectivity index (χ3n) is 4.54. The van der Waals surface area contributed by atoms with Crippen molar-refractivity contribution in [3.63, 3.8) is 0 Å². The summed E-state index contributed by atoms with van der Waals surface area (Å²) in [6, 6.07) is 16.4. The van der Waals surface area contributed by atoms with E-state index in [1.54, 1.807) is 37.4 Å². The van der Waals surface area contributed by atoms with Crippen LogP contribution in [0, 0.1) is 6.92 Å². The molecule has 0 saturated heterocycles. The van der Waals surface area contributed by atoms with E-state index in [4.69, 9.17) is 10.5 Å². The summed E-state index contributed by atoms with van der Waals surface area (Å²) in [4.78, 5) is 0.311. The standard InChI is InChI=1S/C18H21NO3S/c1-13-8-10-14(11-9-13)16-17(18(16,19)12-22-2)23(20,21)15-6-4-3-5-7-15/h3-11,16-17H,12,19H2,1-2H3/t16-,17-,18+/m0/s1. The predicted molar refractivity (Wildman–Crippen MR) is 90.1 cm³/mol. The fourth-order valence-corrected chi connectivity index (χ4v) is 5.64. The van der Waals surface area contributed by atoms with Gasteiger partial charge in [0.25, 0.3) is 0 Å². The zero-order valence-electron chi connectivity index (χ0n) is 13.3. The van der Waals surface area contributed by atoms with Gasteiger partial charge in [-0.1, -0.05) is 48.0 Å². The van der Waals surface area contributed by atoms with Crippen LogP contribution in [0.2, 0.25) is 0 Å². The Labute approximate surface area is 137 Å². The number of rotatable bonds is 5. The monoisotopic (exact) mass is 331 g/mol. The van der Waals surface area contributed by atoms with Crippen LogP contribution in [0.4, 0.5) is 0 Å². The predicted octanol–water partition coefficient (Wildman–Crippen LogP) is 2.28. The van der Waals surface area contributed by atoms with E-state index >= 15 is 0 Å². The molecule has 23 heavy (non-hydrogen) atoms. The van der Waals surface area contributed by atoms with E-state index in [0.29, 0.717) is 4.90 Å². The molecule has 0 spiro atoms. The van der Waals surface area contributed by atoms with E-state index in [2.05, 4.69) is 0 Å². The summed E-state index contributed by atoms with van der Waals surface area (Å²) in [7, 11) is -1.96. The highest BCUT2D eigenvalue weighted by Gasteiger charge is 2.69. The zero-order valence-corrected chi connectivity index (χ0v) is 14.1. The first kappa shape index (κ1) is 16.2. The first-order chi connectivity index (χ1) is 10.9. The molecule has 0 amide bonds. The van der Waals surface area contributed by atoms with Crippen LogP contribution in [0.15, 0.2) is 59.5 Å². The van der Waals surface area contributed by atoms with E-state index < -0.39 is 20.6 Å². The van der Waals surface area contributed by atoms with Crippen molar-refractivity contribution in [1.29, 1.82) is 0 Å². The summed E-state index contributed by atoms with van der Waals surface area (Å²) in [6.45, 7) is 2.21. The highest BCUT2D eigenvalue weighted by molar-refractivity contribution is 7.92. The second-order valence-electron chi connectivity index (χ2n) is 6.21. The fraction of sp³-hybridized carbons (Fsp3) is 0.333. The minimum absolute atomic E-state index is 0.211. The molecule has 3 atom stereocenters. The van der Waals surface area contributed by atoms with E-state index in [-0.39, 0.29) is 12.5 Å². The highest BCUT2D eigenvalue weighted by Crippen LogP contribution is 2.55. The molecular formula is C18H21NO3S. The van der Waals surface area contributed by atoms with E-state index in [1.165, 1.54) is 0 Å². The Morgan fingerprint density at radius 2 is 1.70 bits per heavy atom. The molecule has 0 aliphatic heterocycles. The molecule has 0 heterocycles. The molecule has 1 fully saturated rings. The summed E-state index contributed by atoms with van der Waals surface area (Å²) in [6.07, 6.45) is 0. The Morgan fingerprint density at radius 3 is 2.26 bits per heavy atom. The minimum Gasteiger partial charge on any atom is -0.383 e. The van der Waals surface area contributed by atoms with Crippen molar-refractivity contribution in [2.75, 3.05) is 13.7 Å². The van der Waals surface area contributed by atoms with Gasteiger partial charge in [0.1, 0.15) is 0 Å². The number of hydrogen-bond acceptors (Lipinski definition) is 4. The first-order valence-electron chi connectivity index (χ1n) is 7.54. The molecule has 1 aliphatic carbocycles. The largest absolute Gasteiger partial charge is 0.383 e. The van der Waals surface area contributed by atoms with Gasteiger partial charge in [-0.25, -0.2) is 8.42 Å². The average Bonchev–Trinajstić information content (AvgIpc) is 3.15. The van der Waals surface area contributed by atoms with Crippen LogP contribution in [0.5, 0.6) is 0 Å². The molecule has 0 radical (unpaired) electrons. The van der Waals surface area contributed by atoms with Crippen molar-refractivity contribution in [3.05, 3.63) is 65.7 Å². The maximum absolute atomic E-state index is 13.0. The van der Waals surface area contributed by atoms with Crippen molar-refractivity contribution >= 4 is 9.84 Å². The molecule has 5 heteroatoms. The lowest BCUT2D eigenvalue weighted by molar-refractivity contribution is 0.171. The minimum atomic E-state index is -3.51. The van der Waals surface area contributed by atoms with E-state index in [1.807, 2.05) is 31.2 Å². The molecule has 2 aromatic rings. The van der Waals surface area contributed by atoms with Crippen LogP contribution < -0.4 is 5.73 Å². The molecule has 2 aromatic carbocycles. The Bertz CT molecular complexity index is 787. The summed E-state index contributed by atoms with van der Waals surface area (Å²) in [5.41, 5.74) is 7.62. The number of benzene rings is 2. The first-order valence-corrected chi connectivity index (χ1v) is 9.09. The quantitative estimate of drug-likeness (QED) is 0.912. The van der Waals surface area contributed by atoms with Crippen molar-refractivity contribution in [3.8, 4) is 0 Å². The summed E-state index contributed by atoms with van der Waals surface area (Å²) in [5.74, 6) is -0.256. The van der Waals surface area contributed by atoms with E-state index in [0.717, 1.165) is 11.1 Å². The van der Waals surface area contributed by atoms with Gasteiger partial charge < -0.3 is 10.5 Å². The SMILES string of the molecule is COC[C@@]1(N)[C@@H](c2ccc(C)cc2)[C@@H]1S(=O)(=O)c1ccccc1. The third-order valence-corrected chi connectivity index (χ3v) is 6.85. The molecular weight excluding hydrogens is 310 g/mol. The maximum atomic E-state index is 13.0. The van der Waals surface area contributed by atoms with Gasteiger partial charge in [0.2, 0.25) is 0 Å². The van der Waals surface area contributed by atoms with Gasteiger partial charge >= 0.3 is 0 Å². The van der Waals surface area contributed by atoms with Gasteiger partial charge in [-0.05, 0) is 24.6 Å². The van der Waals surface area contributed by atoms with Crippen molar-refractivity contribution < 1.29 is 13.2 Å². The number of aryl methyl sites for hydroxylation is 1. The molecule has 0 bridgehead atoms. The molecule has 0 aromatic heterocycles. The van der Waals surface area contributed by atoms with E-state index in [9.17, 15) is 8.42 Å². The normalized spacial score (nSPS) is 26.9. The van der Waals surface area contributed by atoms with Gasteiger partial charge in [0.05, 0.1) is 22.3 Å². The second kappa shape index (κ2) is 5.74. The lowest BCUT2D eigenvalue weighted by Gasteiger charge is -2.11. The second-order valence-corrected chi connectivity index (χ2v) is 8.28. The van der Waals surface area contributed by atoms with Crippen LogP contribution in [-0.2, 0) is 14.6 Å². The molecule has 0 unspecified atom stereocenters. The summed E-state index contributed by atoms with van der Waals surface area (Å²) in [5, 5.41) is -0.667. The van der Waals surface area contributed by atoms with Crippen LogP contribution in [-0.4, -0.2) is 32.9 Å². The molecule has 122 valence electrons. The van der Waals surface area contributed by atoms with Gasteiger partial charge in [0.15, 0.2) is 9.84 Å². The van der Waals surface area contributed by atoms with Crippen molar-refractivity contribution in [2.24, 2.45) is 5.73 Å². The topological polar surface area (TPSA) is 69.4 Å². The lowest BCUT2D eigenvalue weighted by Crippen LogP contribution is -2.35.